The van der Waals surface area contributed by atoms with Crippen molar-refractivity contribution in [1.82, 2.24) is 5.32 Å². The van der Waals surface area contributed by atoms with Crippen LogP contribution in [0.3, 0.4) is 0 Å². The largest absolute Gasteiger partial charge is 0.381 e. The van der Waals surface area contributed by atoms with Gasteiger partial charge in [-0.2, -0.15) is 0 Å². The van der Waals surface area contributed by atoms with Crippen molar-refractivity contribution in [3.8, 4) is 0 Å². The molecule has 1 aliphatic carbocycles. The van der Waals surface area contributed by atoms with Gasteiger partial charge in [0.1, 0.15) is 0 Å². The zero-order chi connectivity index (χ0) is 15.1. The van der Waals surface area contributed by atoms with Crippen molar-refractivity contribution >= 4 is 0 Å². The van der Waals surface area contributed by atoms with E-state index in [0.29, 0.717) is 5.92 Å². The summed E-state index contributed by atoms with van der Waals surface area (Å²) in [6.45, 7) is 9.52. The van der Waals surface area contributed by atoms with Gasteiger partial charge in [-0.3, -0.25) is 0 Å². The van der Waals surface area contributed by atoms with E-state index in [0.717, 1.165) is 38.6 Å². The molecule has 1 aromatic rings. The highest BCUT2D eigenvalue weighted by molar-refractivity contribution is 5.26. The van der Waals surface area contributed by atoms with E-state index < -0.39 is 0 Å². The monoisotopic (exact) mass is 289 g/mol. The van der Waals surface area contributed by atoms with Gasteiger partial charge in [0.05, 0.1) is 0 Å². The first-order valence-corrected chi connectivity index (χ1v) is 8.53. The van der Waals surface area contributed by atoms with Crippen molar-refractivity contribution in [2.45, 2.75) is 57.9 Å². The van der Waals surface area contributed by atoms with Crippen LogP contribution in [-0.2, 0) is 10.2 Å². The second-order valence-corrected chi connectivity index (χ2v) is 6.87. The smallest absolute Gasteiger partial charge is 0.0488 e. The zero-order valence-corrected chi connectivity index (χ0v) is 13.9. The van der Waals surface area contributed by atoms with Crippen molar-refractivity contribution in [1.29, 1.82) is 0 Å². The minimum atomic E-state index is 0.209. The first-order valence-electron chi connectivity index (χ1n) is 8.53. The van der Waals surface area contributed by atoms with Gasteiger partial charge in [0.2, 0.25) is 0 Å². The quantitative estimate of drug-likeness (QED) is 0.653. The van der Waals surface area contributed by atoms with Crippen LogP contribution in [0.15, 0.2) is 30.3 Å². The first kappa shape index (κ1) is 16.5. The molecule has 0 aliphatic heterocycles. The molecule has 1 aliphatic rings. The minimum absolute atomic E-state index is 0.209. The van der Waals surface area contributed by atoms with Crippen LogP contribution in [0.4, 0.5) is 0 Å². The maximum Gasteiger partial charge on any atom is 0.0488 e. The average molecular weight is 289 g/mol. The number of rotatable bonds is 10. The molecule has 1 unspecified atom stereocenters. The molecule has 0 bridgehead atoms. The van der Waals surface area contributed by atoms with Crippen LogP contribution in [0.5, 0.6) is 0 Å². The maximum atomic E-state index is 5.87. The summed E-state index contributed by atoms with van der Waals surface area (Å²) in [6.07, 6.45) is 4.94. The summed E-state index contributed by atoms with van der Waals surface area (Å²) < 4.78 is 5.87. The summed E-state index contributed by atoms with van der Waals surface area (Å²) in [5.41, 5.74) is 1.66. The molecule has 21 heavy (non-hydrogen) atoms. The Kier molecular flexibility index (Phi) is 6.25. The van der Waals surface area contributed by atoms with E-state index in [2.05, 4.69) is 56.4 Å². The highest BCUT2D eigenvalue weighted by Crippen LogP contribution is 2.32. The molecular weight excluding hydrogens is 258 g/mol. The number of ether oxygens (including phenoxy) is 1. The summed E-state index contributed by atoms with van der Waals surface area (Å²) in [4.78, 5) is 0. The molecule has 118 valence electrons. The predicted molar refractivity (Wildman–Crippen MR) is 89.7 cm³/mol. The van der Waals surface area contributed by atoms with Gasteiger partial charge < -0.3 is 10.1 Å². The fraction of sp³-hybridized carbons (Fsp3) is 0.684. The maximum absolute atomic E-state index is 5.87. The van der Waals surface area contributed by atoms with Gasteiger partial charge in [0.25, 0.3) is 0 Å². The lowest BCUT2D eigenvalue weighted by Crippen LogP contribution is -2.39. The van der Waals surface area contributed by atoms with Crippen molar-refractivity contribution in [3.63, 3.8) is 0 Å². The Morgan fingerprint density at radius 2 is 1.95 bits per heavy atom. The molecule has 2 nitrogen and oxygen atoms in total. The summed E-state index contributed by atoms with van der Waals surface area (Å²) in [6, 6.07) is 11.7. The number of hydrogen-bond acceptors (Lipinski definition) is 2. The second-order valence-electron chi connectivity index (χ2n) is 6.87. The molecule has 0 saturated heterocycles. The molecule has 1 aromatic carbocycles. The van der Waals surface area contributed by atoms with Crippen LogP contribution in [0.2, 0.25) is 0 Å². The Morgan fingerprint density at radius 1 is 1.24 bits per heavy atom. The first-order chi connectivity index (χ1) is 10.2. The lowest BCUT2D eigenvalue weighted by molar-refractivity contribution is 0.0908. The van der Waals surface area contributed by atoms with E-state index in [1.165, 1.54) is 18.4 Å². The van der Waals surface area contributed by atoms with Crippen LogP contribution >= 0.6 is 0 Å². The Bertz CT molecular complexity index is 399. The molecule has 1 fully saturated rings. The molecular formula is C19H31NO. The van der Waals surface area contributed by atoms with Crippen molar-refractivity contribution in [3.05, 3.63) is 35.9 Å². The molecule has 1 saturated carbocycles. The molecule has 0 amide bonds. The van der Waals surface area contributed by atoms with E-state index in [4.69, 9.17) is 4.74 Å². The summed E-state index contributed by atoms with van der Waals surface area (Å²) in [5, 5.41) is 3.74. The van der Waals surface area contributed by atoms with Crippen LogP contribution in [-0.4, -0.2) is 25.8 Å². The van der Waals surface area contributed by atoms with E-state index in [1.54, 1.807) is 0 Å². The Hall–Kier alpha value is -0.860. The number of hydrogen-bond donors (Lipinski definition) is 1. The fourth-order valence-electron chi connectivity index (χ4n) is 2.85. The van der Waals surface area contributed by atoms with Gasteiger partial charge in [-0.05, 0) is 37.2 Å². The zero-order valence-electron chi connectivity index (χ0n) is 13.9. The molecule has 0 radical (unpaired) electrons. The van der Waals surface area contributed by atoms with Gasteiger partial charge in [0.15, 0.2) is 0 Å². The lowest BCUT2D eigenvalue weighted by Gasteiger charge is -2.34. The average Bonchev–Trinajstić information content (AvgIpc) is 3.32. The topological polar surface area (TPSA) is 21.3 Å². The van der Waals surface area contributed by atoms with Crippen molar-refractivity contribution < 1.29 is 4.74 Å². The third kappa shape index (κ3) is 5.12. The van der Waals surface area contributed by atoms with Gasteiger partial charge in [-0.15, -0.1) is 0 Å². The minimum Gasteiger partial charge on any atom is -0.381 e. The molecule has 2 rings (SSSR count). The van der Waals surface area contributed by atoms with Crippen molar-refractivity contribution in [2.75, 3.05) is 19.8 Å². The standard InChI is InChI=1S/C19H31NO/c1-4-19(15-20-18-10-11-18,12-13-21-14-16(2)3)17-8-6-5-7-9-17/h5-9,16,18,20H,4,10-15H2,1-3H3. The Labute approximate surface area is 130 Å². The Morgan fingerprint density at radius 3 is 2.52 bits per heavy atom. The van der Waals surface area contributed by atoms with E-state index in [9.17, 15) is 0 Å². The van der Waals surface area contributed by atoms with E-state index in [-0.39, 0.29) is 5.41 Å². The molecule has 1 N–H and O–H groups in total. The van der Waals surface area contributed by atoms with Crippen LogP contribution in [0, 0.1) is 5.92 Å². The highest BCUT2D eigenvalue weighted by Gasteiger charge is 2.32. The SMILES string of the molecule is CCC(CCOCC(C)C)(CNC1CC1)c1ccccc1. The molecule has 2 heteroatoms. The lowest BCUT2D eigenvalue weighted by atomic mass is 9.75. The number of nitrogens with one attached hydrogen (secondary N) is 1. The van der Waals surface area contributed by atoms with Gasteiger partial charge >= 0.3 is 0 Å². The third-order valence-electron chi connectivity index (χ3n) is 4.55. The predicted octanol–water partition coefficient (Wildman–Crippen LogP) is 4.15. The molecule has 0 aromatic heterocycles. The summed E-state index contributed by atoms with van der Waals surface area (Å²) in [7, 11) is 0. The van der Waals surface area contributed by atoms with E-state index >= 15 is 0 Å². The van der Waals surface area contributed by atoms with Gasteiger partial charge in [-0.1, -0.05) is 51.1 Å². The molecule has 0 heterocycles. The second kappa shape index (κ2) is 7.95. The fourth-order valence-corrected chi connectivity index (χ4v) is 2.85. The normalized spacial score (nSPS) is 17.9. The van der Waals surface area contributed by atoms with Gasteiger partial charge in [0, 0.05) is 31.2 Å². The molecule has 0 spiro atoms. The number of benzene rings is 1. The van der Waals surface area contributed by atoms with Crippen LogP contribution < -0.4 is 5.32 Å². The summed E-state index contributed by atoms with van der Waals surface area (Å²) in [5.74, 6) is 0.613. The van der Waals surface area contributed by atoms with Crippen LogP contribution in [0.25, 0.3) is 0 Å². The van der Waals surface area contributed by atoms with Crippen molar-refractivity contribution in [2.24, 2.45) is 5.92 Å². The third-order valence-corrected chi connectivity index (χ3v) is 4.55. The highest BCUT2D eigenvalue weighted by atomic mass is 16.5. The summed E-state index contributed by atoms with van der Waals surface area (Å²) >= 11 is 0. The van der Waals surface area contributed by atoms with Gasteiger partial charge in [-0.25, -0.2) is 0 Å². The Balaban J connectivity index is 2.00. The van der Waals surface area contributed by atoms with Crippen LogP contribution in [0.1, 0.15) is 52.0 Å². The molecule has 1 atom stereocenters. The van der Waals surface area contributed by atoms with E-state index in [1.807, 2.05) is 0 Å².